The highest BCUT2D eigenvalue weighted by Crippen LogP contribution is 2.19. The average Bonchev–Trinajstić information content (AvgIpc) is 3.02. The smallest absolute Gasteiger partial charge is 0.238 e. The van der Waals surface area contributed by atoms with Crippen LogP contribution < -0.4 is 5.32 Å². The number of aromatic nitrogens is 2. The van der Waals surface area contributed by atoms with Crippen LogP contribution in [0.4, 0.5) is 5.69 Å². The summed E-state index contributed by atoms with van der Waals surface area (Å²) in [7, 11) is 0. The third-order valence-electron chi connectivity index (χ3n) is 5.10. The van der Waals surface area contributed by atoms with Gasteiger partial charge in [0.05, 0.1) is 6.54 Å². The monoisotopic (exact) mass is 340 g/mol. The molecule has 0 spiro atoms. The van der Waals surface area contributed by atoms with Crippen molar-refractivity contribution in [1.82, 2.24) is 14.5 Å². The molecule has 1 aromatic carbocycles. The number of hydrogen-bond donors (Lipinski definition) is 1. The number of aryl methyl sites for hydroxylation is 2. The summed E-state index contributed by atoms with van der Waals surface area (Å²) in [5.41, 5.74) is 2.17. The maximum absolute atomic E-state index is 12.3. The highest BCUT2D eigenvalue weighted by molar-refractivity contribution is 5.92. The number of piperidine rings is 1. The number of anilines is 1. The minimum Gasteiger partial charge on any atom is -0.335 e. The predicted molar refractivity (Wildman–Crippen MR) is 101 cm³/mol. The Balaban J connectivity index is 1.42. The van der Waals surface area contributed by atoms with Gasteiger partial charge >= 0.3 is 0 Å². The van der Waals surface area contributed by atoms with Crippen molar-refractivity contribution in [2.24, 2.45) is 5.92 Å². The normalized spacial score (nSPS) is 16.1. The summed E-state index contributed by atoms with van der Waals surface area (Å²) in [6.45, 7) is 7.67. The lowest BCUT2D eigenvalue weighted by Gasteiger charge is -2.31. The third-order valence-corrected chi connectivity index (χ3v) is 5.10. The molecule has 0 unspecified atom stereocenters. The van der Waals surface area contributed by atoms with Crippen LogP contribution in [-0.2, 0) is 17.8 Å². The van der Waals surface area contributed by atoms with E-state index >= 15 is 0 Å². The summed E-state index contributed by atoms with van der Waals surface area (Å²) in [4.78, 5) is 18.8. The second-order valence-corrected chi connectivity index (χ2v) is 6.94. The van der Waals surface area contributed by atoms with Crippen molar-refractivity contribution in [2.45, 2.75) is 39.7 Å². The van der Waals surface area contributed by atoms with Gasteiger partial charge in [0, 0.05) is 24.6 Å². The Morgan fingerprint density at radius 3 is 2.56 bits per heavy atom. The number of likely N-dealkylation sites (tertiary alicyclic amines) is 1. The van der Waals surface area contributed by atoms with Gasteiger partial charge in [-0.1, -0.05) is 19.1 Å². The van der Waals surface area contributed by atoms with Crippen LogP contribution in [0.25, 0.3) is 0 Å². The maximum Gasteiger partial charge on any atom is 0.238 e. The molecule has 3 rings (SSSR count). The number of amides is 1. The molecule has 5 nitrogen and oxygen atoms in total. The first-order valence-corrected chi connectivity index (χ1v) is 9.23. The molecule has 134 valence electrons. The minimum atomic E-state index is 0.0770. The quantitative estimate of drug-likeness (QED) is 0.879. The summed E-state index contributed by atoms with van der Waals surface area (Å²) in [5.74, 6) is 1.83. The Hall–Kier alpha value is -2.14. The molecule has 1 N–H and O–H groups in total. The number of nitrogens with one attached hydrogen (secondary N) is 1. The summed E-state index contributed by atoms with van der Waals surface area (Å²) in [6.07, 6.45) is 7.20. The molecule has 2 aromatic rings. The number of benzene rings is 1. The zero-order chi connectivity index (χ0) is 17.6. The molecule has 25 heavy (non-hydrogen) atoms. The van der Waals surface area contributed by atoms with Crippen LogP contribution in [0.2, 0.25) is 0 Å². The minimum absolute atomic E-state index is 0.0770. The standard InChI is InChI=1S/C20H28N4O/c1-3-17-4-6-19(7-5-17)22-20(25)15-23-11-8-18(9-12-23)14-24-13-10-21-16(24)2/h4-7,10,13,18H,3,8-9,11-12,14-15H2,1-2H3,(H,22,25). The van der Waals surface area contributed by atoms with E-state index in [1.54, 1.807) is 0 Å². The van der Waals surface area contributed by atoms with E-state index in [9.17, 15) is 4.79 Å². The van der Waals surface area contributed by atoms with Gasteiger partial charge in [-0.2, -0.15) is 0 Å². The van der Waals surface area contributed by atoms with E-state index in [0.29, 0.717) is 12.5 Å². The molecule has 1 saturated heterocycles. The average molecular weight is 340 g/mol. The van der Waals surface area contributed by atoms with Crippen molar-refractivity contribution in [3.8, 4) is 0 Å². The first-order valence-electron chi connectivity index (χ1n) is 9.23. The summed E-state index contributed by atoms with van der Waals surface area (Å²) >= 11 is 0. The van der Waals surface area contributed by atoms with E-state index in [1.165, 1.54) is 5.56 Å². The Morgan fingerprint density at radius 1 is 1.24 bits per heavy atom. The molecule has 1 aliphatic heterocycles. The van der Waals surface area contributed by atoms with Gasteiger partial charge in [-0.05, 0) is 62.9 Å². The van der Waals surface area contributed by atoms with Gasteiger partial charge in [0.25, 0.3) is 0 Å². The molecular formula is C20H28N4O. The fraction of sp³-hybridized carbons (Fsp3) is 0.500. The lowest BCUT2D eigenvalue weighted by Crippen LogP contribution is -2.40. The zero-order valence-electron chi connectivity index (χ0n) is 15.2. The van der Waals surface area contributed by atoms with Gasteiger partial charge < -0.3 is 9.88 Å². The molecule has 1 fully saturated rings. The van der Waals surface area contributed by atoms with E-state index < -0.39 is 0 Å². The lowest BCUT2D eigenvalue weighted by molar-refractivity contribution is -0.117. The number of carbonyl (C=O) groups excluding carboxylic acids is 1. The van der Waals surface area contributed by atoms with Crippen molar-refractivity contribution in [3.63, 3.8) is 0 Å². The number of hydrogen-bond acceptors (Lipinski definition) is 3. The van der Waals surface area contributed by atoms with Crippen LogP contribution in [0, 0.1) is 12.8 Å². The van der Waals surface area contributed by atoms with Gasteiger partial charge in [0.15, 0.2) is 0 Å². The fourth-order valence-corrected chi connectivity index (χ4v) is 3.43. The van der Waals surface area contributed by atoms with Crippen molar-refractivity contribution in [3.05, 3.63) is 48.0 Å². The topological polar surface area (TPSA) is 50.2 Å². The summed E-state index contributed by atoms with van der Waals surface area (Å²) in [5, 5.41) is 3.00. The predicted octanol–water partition coefficient (Wildman–Crippen LogP) is 3.10. The molecule has 0 saturated carbocycles. The third kappa shape index (κ3) is 4.92. The van der Waals surface area contributed by atoms with Gasteiger partial charge in [-0.15, -0.1) is 0 Å². The largest absolute Gasteiger partial charge is 0.335 e. The molecule has 2 heterocycles. The highest BCUT2D eigenvalue weighted by Gasteiger charge is 2.21. The summed E-state index contributed by atoms with van der Waals surface area (Å²) in [6, 6.07) is 8.10. The highest BCUT2D eigenvalue weighted by atomic mass is 16.2. The van der Waals surface area contributed by atoms with E-state index in [-0.39, 0.29) is 5.91 Å². The number of rotatable bonds is 6. The fourth-order valence-electron chi connectivity index (χ4n) is 3.43. The number of nitrogens with zero attached hydrogens (tertiary/aromatic N) is 3. The van der Waals surface area contributed by atoms with Crippen molar-refractivity contribution >= 4 is 11.6 Å². The Kier molecular flexibility index (Phi) is 5.87. The Labute approximate surface area is 150 Å². The molecule has 1 amide bonds. The van der Waals surface area contributed by atoms with Crippen LogP contribution in [0.3, 0.4) is 0 Å². The first kappa shape index (κ1) is 17.7. The van der Waals surface area contributed by atoms with E-state index in [1.807, 2.05) is 25.3 Å². The van der Waals surface area contributed by atoms with Crippen molar-refractivity contribution in [1.29, 1.82) is 0 Å². The molecule has 0 radical (unpaired) electrons. The van der Waals surface area contributed by atoms with Gasteiger partial charge in [-0.25, -0.2) is 4.98 Å². The molecule has 0 bridgehead atoms. The second-order valence-electron chi connectivity index (χ2n) is 6.94. The van der Waals surface area contributed by atoms with Crippen LogP contribution in [0.15, 0.2) is 36.7 Å². The number of carbonyl (C=O) groups is 1. The van der Waals surface area contributed by atoms with E-state index in [2.05, 4.69) is 45.0 Å². The molecule has 0 aliphatic carbocycles. The first-order chi connectivity index (χ1) is 12.1. The summed E-state index contributed by atoms with van der Waals surface area (Å²) < 4.78 is 2.23. The molecule has 1 aromatic heterocycles. The van der Waals surface area contributed by atoms with Gasteiger partial charge in [0.1, 0.15) is 5.82 Å². The van der Waals surface area contributed by atoms with Crippen molar-refractivity contribution < 1.29 is 4.79 Å². The Bertz CT molecular complexity index is 684. The second kappa shape index (κ2) is 8.30. The van der Waals surface area contributed by atoms with E-state index in [4.69, 9.17) is 0 Å². The van der Waals surface area contributed by atoms with Crippen LogP contribution >= 0.6 is 0 Å². The Morgan fingerprint density at radius 2 is 1.96 bits per heavy atom. The van der Waals surface area contributed by atoms with Gasteiger partial charge in [-0.3, -0.25) is 9.69 Å². The van der Waals surface area contributed by atoms with Gasteiger partial charge in [0.2, 0.25) is 5.91 Å². The number of imidazole rings is 1. The van der Waals surface area contributed by atoms with Crippen LogP contribution in [0.5, 0.6) is 0 Å². The van der Waals surface area contributed by atoms with E-state index in [0.717, 1.165) is 50.4 Å². The maximum atomic E-state index is 12.3. The van der Waals surface area contributed by atoms with Crippen molar-refractivity contribution in [2.75, 3.05) is 25.0 Å². The van der Waals surface area contributed by atoms with Crippen LogP contribution in [0.1, 0.15) is 31.2 Å². The molecule has 5 heteroatoms. The zero-order valence-corrected chi connectivity index (χ0v) is 15.2. The molecular weight excluding hydrogens is 312 g/mol. The molecule has 0 atom stereocenters. The van der Waals surface area contributed by atoms with Crippen LogP contribution in [-0.4, -0.2) is 40.0 Å². The molecule has 1 aliphatic rings. The SMILES string of the molecule is CCc1ccc(NC(=O)CN2CCC(Cn3ccnc3C)CC2)cc1. The lowest BCUT2D eigenvalue weighted by atomic mass is 9.96.